The lowest BCUT2D eigenvalue weighted by atomic mass is 9.93. The van der Waals surface area contributed by atoms with Crippen LogP contribution in [0, 0.1) is 5.41 Å². The minimum absolute atomic E-state index is 0.0178. The third-order valence-electron chi connectivity index (χ3n) is 2.38. The highest BCUT2D eigenvalue weighted by Crippen LogP contribution is 2.14. The molecule has 0 radical (unpaired) electrons. The van der Waals surface area contributed by atoms with Crippen LogP contribution in [0.2, 0.25) is 0 Å². The molecule has 0 aromatic heterocycles. The summed E-state index contributed by atoms with van der Waals surface area (Å²) in [6, 6.07) is 0. The highest BCUT2D eigenvalue weighted by atomic mass is 32.2. The van der Waals surface area contributed by atoms with Crippen LogP contribution in [0.5, 0.6) is 0 Å². The number of amides is 1. The molecule has 0 aliphatic carbocycles. The van der Waals surface area contributed by atoms with Gasteiger partial charge in [-0.15, -0.1) is 0 Å². The molecule has 0 bridgehead atoms. The molecule has 0 unspecified atom stereocenters. The highest BCUT2D eigenvalue weighted by molar-refractivity contribution is 7.98. The van der Waals surface area contributed by atoms with Crippen LogP contribution in [0.4, 0.5) is 0 Å². The minimum atomic E-state index is 0.0178. The van der Waals surface area contributed by atoms with E-state index in [9.17, 15) is 4.79 Å². The van der Waals surface area contributed by atoms with Crippen molar-refractivity contribution in [2.75, 3.05) is 32.1 Å². The van der Waals surface area contributed by atoms with Crippen molar-refractivity contribution in [3.63, 3.8) is 0 Å². The number of carbonyl (C=O) groups is 1. The molecule has 0 spiro atoms. The maximum Gasteiger partial charge on any atom is 0.222 e. The number of carbonyl (C=O) groups excluding carboxylic acids is 1. The van der Waals surface area contributed by atoms with E-state index < -0.39 is 0 Å². The van der Waals surface area contributed by atoms with Crippen molar-refractivity contribution in [3.05, 3.63) is 0 Å². The molecule has 2 N–H and O–H groups in total. The molecule has 0 rings (SSSR count). The van der Waals surface area contributed by atoms with Gasteiger partial charge in [0.15, 0.2) is 0 Å². The van der Waals surface area contributed by atoms with Gasteiger partial charge in [-0.25, -0.2) is 0 Å². The first-order valence-electron chi connectivity index (χ1n) is 5.36. The maximum atomic E-state index is 11.7. The fourth-order valence-electron chi connectivity index (χ4n) is 1.35. The maximum absolute atomic E-state index is 11.7. The second kappa shape index (κ2) is 7.12. The predicted octanol–water partition coefficient (Wildman–Crippen LogP) is 1.57. The highest BCUT2D eigenvalue weighted by Gasteiger charge is 2.20. The first-order chi connectivity index (χ1) is 6.93. The minimum Gasteiger partial charge on any atom is -0.345 e. The molecular weight excluding hydrogens is 208 g/mol. The van der Waals surface area contributed by atoms with Gasteiger partial charge in [0.25, 0.3) is 0 Å². The Balaban J connectivity index is 3.88. The Bertz CT molecular complexity index is 195. The standard InChI is InChI=1S/C11H24N2OS/c1-11(2,8-12)9-13(3)10(14)6-5-7-15-4/h5-9,12H2,1-4H3. The second-order valence-corrected chi connectivity index (χ2v) is 5.70. The second-order valence-electron chi connectivity index (χ2n) is 4.71. The van der Waals surface area contributed by atoms with E-state index in [1.165, 1.54) is 0 Å². The summed E-state index contributed by atoms with van der Waals surface area (Å²) in [6.45, 7) is 5.51. The number of hydrogen-bond donors (Lipinski definition) is 1. The van der Waals surface area contributed by atoms with Crippen LogP contribution in [0.25, 0.3) is 0 Å². The summed E-state index contributed by atoms with van der Waals surface area (Å²) in [5.41, 5.74) is 5.65. The molecule has 15 heavy (non-hydrogen) atoms. The Kier molecular flexibility index (Phi) is 7.02. The first-order valence-corrected chi connectivity index (χ1v) is 6.75. The molecular formula is C11H24N2OS. The zero-order valence-corrected chi connectivity index (χ0v) is 11.2. The van der Waals surface area contributed by atoms with Crippen LogP contribution in [-0.2, 0) is 4.79 Å². The van der Waals surface area contributed by atoms with Gasteiger partial charge in [0.2, 0.25) is 5.91 Å². The van der Waals surface area contributed by atoms with Crippen molar-refractivity contribution in [2.24, 2.45) is 11.1 Å². The molecule has 1 amide bonds. The summed E-state index contributed by atoms with van der Waals surface area (Å²) in [5, 5.41) is 0. The molecule has 0 saturated carbocycles. The molecule has 0 aromatic rings. The molecule has 0 heterocycles. The SMILES string of the molecule is CSCCCC(=O)N(C)CC(C)(C)CN. The van der Waals surface area contributed by atoms with Gasteiger partial charge in [-0.05, 0) is 30.4 Å². The lowest BCUT2D eigenvalue weighted by molar-refractivity contribution is -0.131. The summed E-state index contributed by atoms with van der Waals surface area (Å²) < 4.78 is 0. The summed E-state index contributed by atoms with van der Waals surface area (Å²) in [7, 11) is 1.86. The fourth-order valence-corrected chi connectivity index (χ4v) is 1.79. The zero-order valence-electron chi connectivity index (χ0n) is 10.4. The predicted molar refractivity (Wildman–Crippen MR) is 68.1 cm³/mol. The molecule has 0 aliphatic heterocycles. The normalized spacial score (nSPS) is 11.5. The third kappa shape index (κ3) is 6.79. The van der Waals surface area contributed by atoms with Gasteiger partial charge in [-0.3, -0.25) is 4.79 Å². The van der Waals surface area contributed by atoms with Crippen molar-refractivity contribution in [1.82, 2.24) is 4.90 Å². The number of hydrogen-bond acceptors (Lipinski definition) is 3. The van der Waals surface area contributed by atoms with E-state index in [4.69, 9.17) is 5.73 Å². The summed E-state index contributed by atoms with van der Waals surface area (Å²) in [6.07, 6.45) is 3.68. The van der Waals surface area contributed by atoms with Gasteiger partial charge >= 0.3 is 0 Å². The van der Waals surface area contributed by atoms with E-state index in [1.54, 1.807) is 16.7 Å². The van der Waals surface area contributed by atoms with Crippen molar-refractivity contribution in [1.29, 1.82) is 0 Å². The Morgan fingerprint density at radius 2 is 2.07 bits per heavy atom. The van der Waals surface area contributed by atoms with Crippen molar-refractivity contribution in [2.45, 2.75) is 26.7 Å². The van der Waals surface area contributed by atoms with Gasteiger partial charge in [0, 0.05) is 20.0 Å². The van der Waals surface area contributed by atoms with E-state index in [2.05, 4.69) is 20.1 Å². The van der Waals surface area contributed by atoms with E-state index in [1.807, 2.05) is 7.05 Å². The van der Waals surface area contributed by atoms with Crippen LogP contribution in [0.15, 0.2) is 0 Å². The van der Waals surface area contributed by atoms with Crippen LogP contribution >= 0.6 is 11.8 Å². The first kappa shape index (κ1) is 14.8. The van der Waals surface area contributed by atoms with Gasteiger partial charge < -0.3 is 10.6 Å². The Hall–Kier alpha value is -0.220. The average molecular weight is 232 g/mol. The van der Waals surface area contributed by atoms with Crippen LogP contribution < -0.4 is 5.73 Å². The van der Waals surface area contributed by atoms with Crippen LogP contribution in [-0.4, -0.2) is 43.0 Å². The Morgan fingerprint density at radius 1 is 1.47 bits per heavy atom. The molecule has 0 fully saturated rings. The zero-order chi connectivity index (χ0) is 11.9. The smallest absolute Gasteiger partial charge is 0.222 e. The molecule has 0 aromatic carbocycles. The van der Waals surface area contributed by atoms with Crippen LogP contribution in [0.3, 0.4) is 0 Å². The molecule has 3 nitrogen and oxygen atoms in total. The monoisotopic (exact) mass is 232 g/mol. The van der Waals surface area contributed by atoms with E-state index in [-0.39, 0.29) is 11.3 Å². The molecule has 0 atom stereocenters. The quantitative estimate of drug-likeness (QED) is 0.678. The number of rotatable bonds is 7. The summed E-state index contributed by atoms with van der Waals surface area (Å²) >= 11 is 1.78. The van der Waals surface area contributed by atoms with E-state index >= 15 is 0 Å². The number of thioether (sulfide) groups is 1. The number of nitrogens with two attached hydrogens (primary N) is 1. The lowest BCUT2D eigenvalue weighted by Gasteiger charge is -2.29. The molecule has 90 valence electrons. The lowest BCUT2D eigenvalue weighted by Crippen LogP contribution is -2.39. The summed E-state index contributed by atoms with van der Waals surface area (Å²) in [5.74, 6) is 1.28. The molecule has 0 aliphatic rings. The van der Waals surface area contributed by atoms with Crippen molar-refractivity contribution >= 4 is 17.7 Å². The largest absolute Gasteiger partial charge is 0.345 e. The van der Waals surface area contributed by atoms with Crippen LogP contribution in [0.1, 0.15) is 26.7 Å². The fraction of sp³-hybridized carbons (Fsp3) is 0.909. The average Bonchev–Trinajstić information content (AvgIpc) is 2.17. The van der Waals surface area contributed by atoms with E-state index in [0.717, 1.165) is 18.7 Å². The van der Waals surface area contributed by atoms with Crippen molar-refractivity contribution in [3.8, 4) is 0 Å². The number of nitrogens with zero attached hydrogens (tertiary/aromatic N) is 1. The van der Waals surface area contributed by atoms with E-state index in [0.29, 0.717) is 13.0 Å². The Labute approximate surface area is 97.8 Å². The molecule has 4 heteroatoms. The van der Waals surface area contributed by atoms with Gasteiger partial charge in [0.1, 0.15) is 0 Å². The van der Waals surface area contributed by atoms with Gasteiger partial charge in [-0.1, -0.05) is 13.8 Å². The third-order valence-corrected chi connectivity index (χ3v) is 3.08. The Morgan fingerprint density at radius 3 is 2.53 bits per heavy atom. The topological polar surface area (TPSA) is 46.3 Å². The summed E-state index contributed by atoms with van der Waals surface area (Å²) in [4.78, 5) is 13.5. The van der Waals surface area contributed by atoms with Gasteiger partial charge in [-0.2, -0.15) is 11.8 Å². The molecule has 0 saturated heterocycles. The van der Waals surface area contributed by atoms with Gasteiger partial charge in [0.05, 0.1) is 0 Å². The van der Waals surface area contributed by atoms with Crippen molar-refractivity contribution < 1.29 is 4.79 Å².